The van der Waals surface area contributed by atoms with Gasteiger partial charge in [-0.3, -0.25) is 12.6 Å². The van der Waals surface area contributed by atoms with E-state index in [1.54, 1.807) is 0 Å². The van der Waals surface area contributed by atoms with Gasteiger partial charge in [0, 0.05) is 0 Å². The fourth-order valence-corrected chi connectivity index (χ4v) is 0.287. The smallest absolute Gasteiger partial charge is 0.542 e. The summed E-state index contributed by atoms with van der Waals surface area (Å²) in [5.74, 6) is 0.525. The molecule has 0 rings (SSSR count). The topological polar surface area (TPSA) is 34.1 Å². The molecule has 1 atom stereocenters. The summed E-state index contributed by atoms with van der Waals surface area (Å²) in [6.07, 6.45) is 5.04. The molecule has 1 unspecified atom stereocenters. The zero-order chi connectivity index (χ0) is 8.41. The Morgan fingerprint density at radius 1 is 1.21 bits per heavy atom. The van der Waals surface area contributed by atoms with Crippen LogP contribution in [0.2, 0.25) is 0 Å². The van der Waals surface area contributed by atoms with Gasteiger partial charge in [-0.1, -0.05) is 41.0 Å². The van der Waals surface area contributed by atoms with Gasteiger partial charge in [0.15, 0.2) is 0 Å². The number of rotatable bonds is 3. The van der Waals surface area contributed by atoms with Crippen molar-refractivity contribution in [2.24, 2.45) is 5.92 Å². The molecule has 0 heterocycles. The Balaban J connectivity index is -0.0000000208. The minimum atomic E-state index is 0. The molecule has 3 heteroatoms. The van der Waals surface area contributed by atoms with E-state index < -0.39 is 0 Å². The molecule has 0 bridgehead atoms. The van der Waals surface area contributed by atoms with Gasteiger partial charge in [0.1, 0.15) is 0 Å². The van der Waals surface area contributed by atoms with Crippen molar-refractivity contribution in [3.05, 3.63) is 7.43 Å². The van der Waals surface area contributed by atoms with Gasteiger partial charge in [-0.15, -0.1) is 6.42 Å². The molecule has 0 aromatic rings. The van der Waals surface area contributed by atoms with Crippen molar-refractivity contribution in [2.45, 2.75) is 48.5 Å². The van der Waals surface area contributed by atoms with Gasteiger partial charge >= 0.3 is 32.7 Å². The molecular formula is C11H25O2Y. The monoisotopic (exact) mass is 278 g/mol. The van der Waals surface area contributed by atoms with Gasteiger partial charge in [0.05, 0.1) is 0 Å². The average Bonchev–Trinajstić information content (AvgIpc) is 1.90. The fourth-order valence-electron chi connectivity index (χ4n) is 0.287. The molecular weight excluding hydrogens is 253 g/mol. The van der Waals surface area contributed by atoms with Crippen LogP contribution in [-0.2, 0) is 42.3 Å². The zero-order valence-corrected chi connectivity index (χ0v) is 11.2. The van der Waals surface area contributed by atoms with Crippen LogP contribution < -0.4 is 0 Å². The number of carbonyl (C=O) groups excluding carboxylic acids is 2. The first kappa shape index (κ1) is 36.6. The van der Waals surface area contributed by atoms with Gasteiger partial charge in [-0.05, 0) is 0 Å². The summed E-state index contributed by atoms with van der Waals surface area (Å²) in [4.78, 5) is 18.3. The fraction of sp³-hybridized carbons (Fsp3) is 0.727. The Morgan fingerprint density at radius 2 is 1.50 bits per heavy atom. The van der Waals surface area contributed by atoms with Crippen LogP contribution in [0.4, 0.5) is 0 Å². The van der Waals surface area contributed by atoms with E-state index in [9.17, 15) is 4.79 Å². The van der Waals surface area contributed by atoms with Gasteiger partial charge in [-0.25, -0.2) is 0 Å². The molecule has 0 aliphatic heterocycles. The molecule has 0 radical (unpaired) electrons. The van der Waals surface area contributed by atoms with E-state index in [1.165, 1.54) is 13.2 Å². The van der Waals surface area contributed by atoms with Crippen molar-refractivity contribution in [1.29, 1.82) is 0 Å². The maximum atomic E-state index is 9.65. The average molecular weight is 278 g/mol. The summed E-state index contributed by atoms with van der Waals surface area (Å²) in [6.45, 7) is 5.44. The minimum Gasteiger partial charge on any atom is -0.542 e. The quantitative estimate of drug-likeness (QED) is 0.742. The predicted molar refractivity (Wildman–Crippen MR) is 61.0 cm³/mol. The van der Waals surface area contributed by atoms with Crippen molar-refractivity contribution in [1.82, 2.24) is 0 Å². The van der Waals surface area contributed by atoms with Crippen LogP contribution in [0, 0.1) is 13.3 Å². The molecule has 0 amide bonds. The zero-order valence-electron chi connectivity index (χ0n) is 8.39. The third-order valence-electron chi connectivity index (χ3n) is 1.13. The van der Waals surface area contributed by atoms with Crippen LogP contribution in [-0.4, -0.2) is 12.6 Å². The molecule has 0 saturated heterocycles. The molecule has 84 valence electrons. The Labute approximate surface area is 116 Å². The first-order chi connectivity index (χ1) is 4.72. The van der Waals surface area contributed by atoms with E-state index in [-0.39, 0.29) is 55.0 Å². The molecule has 0 aliphatic carbocycles. The molecule has 0 aromatic heterocycles. The number of hydrogen-bond donors (Lipinski definition) is 0. The maximum Gasteiger partial charge on any atom is 3.00 e. The number of hydrogen-bond acceptors (Lipinski definition) is 2. The van der Waals surface area contributed by atoms with Crippen molar-refractivity contribution in [3.63, 3.8) is 0 Å². The second-order valence-electron chi connectivity index (χ2n) is 2.07. The Bertz CT molecular complexity index is 85.4. The van der Waals surface area contributed by atoms with Crippen LogP contribution in [0.3, 0.4) is 0 Å². The van der Waals surface area contributed by atoms with Crippen molar-refractivity contribution in [2.75, 3.05) is 0 Å². The van der Waals surface area contributed by atoms with Crippen LogP contribution in [0.1, 0.15) is 48.5 Å². The molecule has 2 nitrogen and oxygen atoms in total. The standard InChI is InChI=1S/C6H11O.C2H3O.2CH4.CH3.Y/c1-3-6(2)4-5-7;1-2-3;;;;/h6H,3-4H2,1-2H3;1H3;2*1H4;1H3;/q2*-1;;;-1;+3. The van der Waals surface area contributed by atoms with Gasteiger partial charge in [0.25, 0.3) is 0 Å². The molecule has 0 saturated carbocycles. The molecule has 0 spiro atoms. The molecule has 14 heavy (non-hydrogen) atoms. The van der Waals surface area contributed by atoms with E-state index >= 15 is 0 Å². The van der Waals surface area contributed by atoms with Crippen molar-refractivity contribution >= 4 is 12.6 Å². The second kappa shape index (κ2) is 37.6. The third-order valence-corrected chi connectivity index (χ3v) is 1.13. The molecule has 0 aromatic carbocycles. The van der Waals surface area contributed by atoms with Gasteiger partial charge < -0.3 is 17.0 Å². The molecule has 0 N–H and O–H groups in total. The first-order valence-corrected chi connectivity index (χ1v) is 3.36. The summed E-state index contributed by atoms with van der Waals surface area (Å²) < 4.78 is 0. The van der Waals surface area contributed by atoms with E-state index in [0.29, 0.717) is 12.3 Å². The van der Waals surface area contributed by atoms with Crippen LogP contribution in [0.25, 0.3) is 0 Å². The Morgan fingerprint density at radius 3 is 1.57 bits per heavy atom. The normalized spacial score (nSPS) is 7.64. The second-order valence-corrected chi connectivity index (χ2v) is 2.07. The first-order valence-electron chi connectivity index (χ1n) is 3.36. The van der Waals surface area contributed by atoms with Gasteiger partial charge in [0.2, 0.25) is 0 Å². The van der Waals surface area contributed by atoms with Crippen LogP contribution in [0.5, 0.6) is 0 Å². The van der Waals surface area contributed by atoms with E-state index in [1.807, 2.05) is 13.2 Å². The van der Waals surface area contributed by atoms with Crippen LogP contribution in [0.15, 0.2) is 0 Å². The predicted octanol–water partition coefficient (Wildman–Crippen LogP) is 3.37. The van der Waals surface area contributed by atoms with E-state index in [0.717, 1.165) is 6.42 Å². The summed E-state index contributed by atoms with van der Waals surface area (Å²) in [7, 11) is 0. The summed E-state index contributed by atoms with van der Waals surface area (Å²) >= 11 is 0. The van der Waals surface area contributed by atoms with Gasteiger partial charge in [-0.2, -0.15) is 6.92 Å². The van der Waals surface area contributed by atoms with Crippen molar-refractivity contribution in [3.8, 4) is 0 Å². The minimum absolute atomic E-state index is 0. The molecule has 0 aliphatic rings. The SMILES string of the molecule is C.C.CCC(C)C[C-]=O.C[C-]=O.[CH3-].[Y+3]. The summed E-state index contributed by atoms with van der Waals surface area (Å²) in [5, 5.41) is 0. The third kappa shape index (κ3) is 55.0. The maximum absolute atomic E-state index is 9.65. The molecule has 0 fully saturated rings. The van der Waals surface area contributed by atoms with Crippen molar-refractivity contribution < 1.29 is 42.3 Å². The largest absolute Gasteiger partial charge is 3.00 e. The Hall–Kier alpha value is 0.444. The van der Waals surface area contributed by atoms with E-state index in [4.69, 9.17) is 4.79 Å². The van der Waals surface area contributed by atoms with Crippen LogP contribution >= 0.6 is 0 Å². The Kier molecular flexibility index (Phi) is 98.3. The summed E-state index contributed by atoms with van der Waals surface area (Å²) in [5.41, 5.74) is 0. The summed E-state index contributed by atoms with van der Waals surface area (Å²) in [6, 6.07) is 0. The van der Waals surface area contributed by atoms with E-state index in [2.05, 4.69) is 6.92 Å².